The summed E-state index contributed by atoms with van der Waals surface area (Å²) in [6.07, 6.45) is 10.0. The monoisotopic (exact) mass is 484 g/mol. The van der Waals surface area contributed by atoms with Gasteiger partial charge in [0.15, 0.2) is 5.82 Å². The van der Waals surface area contributed by atoms with Crippen molar-refractivity contribution in [1.82, 2.24) is 20.1 Å². The maximum Gasteiger partial charge on any atom is 0.249 e. The number of anilines is 2. The lowest BCUT2D eigenvalue weighted by molar-refractivity contribution is -0.117. The number of amides is 2. The van der Waals surface area contributed by atoms with Gasteiger partial charge in [0.2, 0.25) is 11.8 Å². The summed E-state index contributed by atoms with van der Waals surface area (Å²) in [7, 11) is 0. The van der Waals surface area contributed by atoms with Crippen LogP contribution in [0, 0.1) is 0 Å². The topological polar surface area (TPSA) is 103 Å². The number of nitrogens with one attached hydrogen (secondary N) is 3. The number of carbonyl (C=O) groups is 2. The second-order valence-electron chi connectivity index (χ2n) is 9.65. The highest BCUT2D eigenvalue weighted by Crippen LogP contribution is 2.39. The van der Waals surface area contributed by atoms with E-state index in [0.29, 0.717) is 17.6 Å². The molecule has 5 rings (SSSR count). The van der Waals surface area contributed by atoms with Gasteiger partial charge >= 0.3 is 0 Å². The Balaban J connectivity index is 1.17. The maximum atomic E-state index is 12.8. The van der Waals surface area contributed by atoms with Crippen LogP contribution in [0.3, 0.4) is 0 Å². The van der Waals surface area contributed by atoms with Gasteiger partial charge in [-0.05, 0) is 69.0 Å². The summed E-state index contributed by atoms with van der Waals surface area (Å²) in [4.78, 5) is 31.8. The third kappa shape index (κ3) is 6.07. The van der Waals surface area contributed by atoms with Crippen LogP contribution < -0.4 is 10.6 Å². The predicted octanol–water partition coefficient (Wildman–Crippen LogP) is 4.68. The zero-order valence-corrected chi connectivity index (χ0v) is 20.5. The fraction of sp³-hybridized carbons (Fsp3) is 0.357. The number of aromatic amines is 1. The van der Waals surface area contributed by atoms with E-state index in [1.54, 1.807) is 18.3 Å². The van der Waals surface area contributed by atoms with Gasteiger partial charge in [0, 0.05) is 42.1 Å². The van der Waals surface area contributed by atoms with E-state index in [4.69, 9.17) is 0 Å². The summed E-state index contributed by atoms with van der Waals surface area (Å²) in [5.41, 5.74) is 3.86. The second-order valence-corrected chi connectivity index (χ2v) is 9.65. The summed E-state index contributed by atoms with van der Waals surface area (Å²) < 4.78 is 0. The van der Waals surface area contributed by atoms with E-state index >= 15 is 0 Å². The molecule has 1 aliphatic carbocycles. The molecule has 3 heterocycles. The van der Waals surface area contributed by atoms with Gasteiger partial charge in [0.1, 0.15) is 5.82 Å². The van der Waals surface area contributed by atoms with Crippen LogP contribution >= 0.6 is 0 Å². The van der Waals surface area contributed by atoms with Gasteiger partial charge in [-0.15, -0.1) is 0 Å². The molecule has 3 N–H and O–H groups in total. The molecule has 8 heteroatoms. The molecule has 1 unspecified atom stereocenters. The number of H-pyrrole nitrogens is 1. The van der Waals surface area contributed by atoms with Crippen molar-refractivity contribution in [3.63, 3.8) is 0 Å². The molecule has 1 atom stereocenters. The lowest BCUT2D eigenvalue weighted by atomic mass is 9.96. The van der Waals surface area contributed by atoms with E-state index in [1.807, 2.05) is 49.4 Å². The first-order valence-corrected chi connectivity index (χ1v) is 12.7. The molecule has 2 amide bonds. The molecule has 2 aliphatic rings. The van der Waals surface area contributed by atoms with Gasteiger partial charge in [-0.1, -0.05) is 30.3 Å². The van der Waals surface area contributed by atoms with E-state index in [1.165, 1.54) is 25.7 Å². The highest BCUT2D eigenvalue weighted by atomic mass is 16.2. The van der Waals surface area contributed by atoms with E-state index < -0.39 is 0 Å². The number of hydrogen-bond acceptors (Lipinski definition) is 5. The molecule has 0 radical (unpaired) electrons. The molecule has 1 aromatic carbocycles. The SMILES string of the molecule is CC(C(=O)Nc1cc(C2CC2)[nH]n1)c1cccc(-c2ccc(NC(=O)C=CCN3CCCC3)nc2)c1. The summed E-state index contributed by atoms with van der Waals surface area (Å²) >= 11 is 0. The predicted molar refractivity (Wildman–Crippen MR) is 141 cm³/mol. The van der Waals surface area contributed by atoms with Crippen molar-refractivity contribution in [3.05, 3.63) is 72.1 Å². The van der Waals surface area contributed by atoms with Crippen molar-refractivity contribution in [2.75, 3.05) is 30.3 Å². The zero-order valence-electron chi connectivity index (χ0n) is 20.5. The fourth-order valence-electron chi connectivity index (χ4n) is 4.46. The number of benzene rings is 1. The number of hydrogen-bond donors (Lipinski definition) is 3. The van der Waals surface area contributed by atoms with E-state index in [9.17, 15) is 9.59 Å². The lowest BCUT2D eigenvalue weighted by Gasteiger charge is -2.13. The highest BCUT2D eigenvalue weighted by Gasteiger charge is 2.26. The number of likely N-dealkylation sites (tertiary alicyclic amines) is 1. The zero-order chi connectivity index (χ0) is 24.9. The van der Waals surface area contributed by atoms with Crippen LogP contribution in [0.25, 0.3) is 11.1 Å². The Hall–Kier alpha value is -3.78. The minimum Gasteiger partial charge on any atom is -0.309 e. The summed E-state index contributed by atoms with van der Waals surface area (Å²) in [6, 6.07) is 13.5. The Bertz CT molecular complexity index is 1240. The quantitative estimate of drug-likeness (QED) is 0.383. The molecule has 0 spiro atoms. The maximum absolute atomic E-state index is 12.8. The summed E-state index contributed by atoms with van der Waals surface area (Å²) in [5, 5.41) is 13.0. The van der Waals surface area contributed by atoms with Crippen LogP contribution in [0.15, 0.2) is 60.8 Å². The molecular formula is C28H32N6O2. The number of nitrogens with zero attached hydrogens (tertiary/aromatic N) is 3. The molecule has 0 bridgehead atoms. The van der Waals surface area contributed by atoms with Gasteiger partial charge in [0.25, 0.3) is 0 Å². The van der Waals surface area contributed by atoms with Crippen molar-refractivity contribution in [1.29, 1.82) is 0 Å². The first kappa shape index (κ1) is 23.9. The molecule has 1 saturated carbocycles. The molecule has 36 heavy (non-hydrogen) atoms. The minimum absolute atomic E-state index is 0.102. The van der Waals surface area contributed by atoms with Crippen LogP contribution in [0.2, 0.25) is 0 Å². The Morgan fingerprint density at radius 1 is 1.08 bits per heavy atom. The van der Waals surface area contributed by atoms with E-state index in [0.717, 1.165) is 42.0 Å². The largest absolute Gasteiger partial charge is 0.309 e. The smallest absolute Gasteiger partial charge is 0.249 e. The Kier molecular flexibility index (Phi) is 7.23. The van der Waals surface area contributed by atoms with Crippen LogP contribution in [0.4, 0.5) is 11.6 Å². The molecule has 1 aliphatic heterocycles. The molecule has 186 valence electrons. The van der Waals surface area contributed by atoms with Gasteiger partial charge in [-0.3, -0.25) is 19.6 Å². The van der Waals surface area contributed by atoms with Gasteiger partial charge in [-0.25, -0.2) is 4.98 Å². The molecular weight excluding hydrogens is 452 g/mol. The normalized spacial score (nSPS) is 16.8. The highest BCUT2D eigenvalue weighted by molar-refractivity contribution is 5.98. The molecule has 2 aromatic heterocycles. The second kappa shape index (κ2) is 10.9. The van der Waals surface area contributed by atoms with Gasteiger partial charge in [0.05, 0.1) is 5.92 Å². The number of rotatable bonds is 9. The van der Waals surface area contributed by atoms with E-state index in [2.05, 4.69) is 30.7 Å². The third-order valence-electron chi connectivity index (χ3n) is 6.83. The Labute approximate surface area is 211 Å². The third-order valence-corrected chi connectivity index (χ3v) is 6.83. The van der Waals surface area contributed by atoms with Crippen LogP contribution in [0.5, 0.6) is 0 Å². The Morgan fingerprint density at radius 3 is 2.67 bits per heavy atom. The summed E-state index contributed by atoms with van der Waals surface area (Å²) in [5.74, 6) is 1.000. The Morgan fingerprint density at radius 2 is 1.92 bits per heavy atom. The van der Waals surface area contributed by atoms with Gasteiger partial charge in [-0.2, -0.15) is 5.10 Å². The number of aromatic nitrogens is 3. The van der Waals surface area contributed by atoms with Crippen LogP contribution in [-0.2, 0) is 9.59 Å². The molecule has 8 nitrogen and oxygen atoms in total. The van der Waals surface area contributed by atoms with E-state index in [-0.39, 0.29) is 17.7 Å². The molecule has 1 saturated heterocycles. The van der Waals surface area contributed by atoms with Crippen molar-refractivity contribution in [2.24, 2.45) is 0 Å². The first-order valence-electron chi connectivity index (χ1n) is 12.7. The molecule has 2 fully saturated rings. The van der Waals surface area contributed by atoms with Crippen LogP contribution in [0.1, 0.15) is 55.7 Å². The van der Waals surface area contributed by atoms with Crippen molar-refractivity contribution < 1.29 is 9.59 Å². The first-order chi connectivity index (χ1) is 17.5. The van der Waals surface area contributed by atoms with Crippen LogP contribution in [-0.4, -0.2) is 51.5 Å². The standard InChI is InChI=1S/C28H32N6O2/c1-19(28(36)31-26-17-24(32-33-26)20-9-10-20)21-6-4-7-22(16-21)23-11-12-25(29-18-23)30-27(35)8-5-15-34-13-2-3-14-34/h4-8,11-12,16-20H,2-3,9-10,13-15H2,1H3,(H,29,30,35)(H2,31,32,33,36). The van der Waals surface area contributed by atoms with Gasteiger partial charge < -0.3 is 10.6 Å². The number of pyridine rings is 1. The van der Waals surface area contributed by atoms with Crippen molar-refractivity contribution in [3.8, 4) is 11.1 Å². The lowest BCUT2D eigenvalue weighted by Crippen LogP contribution is -2.19. The average molecular weight is 485 g/mol. The summed E-state index contributed by atoms with van der Waals surface area (Å²) in [6.45, 7) is 4.89. The fourth-order valence-corrected chi connectivity index (χ4v) is 4.46. The minimum atomic E-state index is -0.343. The average Bonchev–Trinajstić information content (AvgIpc) is 3.41. The van der Waals surface area contributed by atoms with Crippen molar-refractivity contribution >= 4 is 23.5 Å². The number of carbonyl (C=O) groups excluding carboxylic acids is 2. The van der Waals surface area contributed by atoms with Crippen molar-refractivity contribution in [2.45, 2.75) is 44.4 Å². The molecule has 3 aromatic rings.